The standard InChI is InChI=1S/C15H22N2O2/c1-16-11-15(8-3-9-15)14(18)17-10-12-4-6-13(19-2)7-5-12/h4-7,16H,3,8-11H2,1-2H3,(H,17,18). The SMILES string of the molecule is CNCC1(C(=O)NCc2ccc(OC)cc2)CCC1. The summed E-state index contributed by atoms with van der Waals surface area (Å²) in [4.78, 5) is 12.3. The molecule has 4 nitrogen and oxygen atoms in total. The Kier molecular flexibility index (Phi) is 4.43. The van der Waals surface area contributed by atoms with Gasteiger partial charge < -0.3 is 15.4 Å². The van der Waals surface area contributed by atoms with Crippen LogP contribution in [-0.2, 0) is 11.3 Å². The number of carbonyl (C=O) groups is 1. The van der Waals surface area contributed by atoms with Crippen molar-refractivity contribution in [2.75, 3.05) is 20.7 Å². The number of hydrogen-bond acceptors (Lipinski definition) is 3. The summed E-state index contributed by atoms with van der Waals surface area (Å²) >= 11 is 0. The third-order valence-corrected chi connectivity index (χ3v) is 3.92. The van der Waals surface area contributed by atoms with Gasteiger partial charge in [-0.25, -0.2) is 0 Å². The Morgan fingerprint density at radius 3 is 2.47 bits per heavy atom. The number of hydrogen-bond donors (Lipinski definition) is 2. The molecule has 0 bridgehead atoms. The Labute approximate surface area is 114 Å². The predicted molar refractivity (Wildman–Crippen MR) is 75.1 cm³/mol. The summed E-state index contributed by atoms with van der Waals surface area (Å²) in [6, 6.07) is 7.78. The van der Waals surface area contributed by atoms with Gasteiger partial charge in [-0.15, -0.1) is 0 Å². The minimum atomic E-state index is -0.179. The lowest BCUT2D eigenvalue weighted by atomic mass is 9.68. The maximum atomic E-state index is 12.3. The molecular formula is C15H22N2O2. The lowest BCUT2D eigenvalue weighted by Crippen LogP contribution is -2.50. The molecule has 0 spiro atoms. The predicted octanol–water partition coefficient (Wildman–Crippen LogP) is 1.70. The molecule has 19 heavy (non-hydrogen) atoms. The highest BCUT2D eigenvalue weighted by atomic mass is 16.5. The maximum absolute atomic E-state index is 12.3. The highest BCUT2D eigenvalue weighted by Crippen LogP contribution is 2.40. The number of benzene rings is 1. The number of nitrogens with one attached hydrogen (secondary N) is 2. The monoisotopic (exact) mass is 262 g/mol. The molecule has 1 fully saturated rings. The highest BCUT2D eigenvalue weighted by Gasteiger charge is 2.43. The summed E-state index contributed by atoms with van der Waals surface area (Å²) < 4.78 is 5.11. The van der Waals surface area contributed by atoms with Crippen molar-refractivity contribution in [3.05, 3.63) is 29.8 Å². The van der Waals surface area contributed by atoms with E-state index in [0.717, 1.165) is 37.1 Å². The Balaban J connectivity index is 1.88. The fourth-order valence-corrected chi connectivity index (χ4v) is 2.54. The summed E-state index contributed by atoms with van der Waals surface area (Å²) in [5.74, 6) is 1.00. The van der Waals surface area contributed by atoms with Gasteiger partial charge in [-0.1, -0.05) is 18.6 Å². The molecule has 1 aliphatic carbocycles. The second-order valence-corrected chi connectivity index (χ2v) is 5.19. The lowest BCUT2D eigenvalue weighted by molar-refractivity contribution is -0.135. The molecule has 4 heteroatoms. The van der Waals surface area contributed by atoms with Crippen LogP contribution in [0, 0.1) is 5.41 Å². The zero-order chi connectivity index (χ0) is 13.7. The van der Waals surface area contributed by atoms with Gasteiger partial charge >= 0.3 is 0 Å². The minimum Gasteiger partial charge on any atom is -0.497 e. The van der Waals surface area contributed by atoms with E-state index in [1.807, 2.05) is 31.3 Å². The van der Waals surface area contributed by atoms with Crippen LogP contribution in [0.1, 0.15) is 24.8 Å². The molecule has 0 radical (unpaired) electrons. The number of methoxy groups -OCH3 is 1. The van der Waals surface area contributed by atoms with Crippen LogP contribution in [-0.4, -0.2) is 26.6 Å². The molecule has 0 aliphatic heterocycles. The zero-order valence-corrected chi connectivity index (χ0v) is 11.7. The van der Waals surface area contributed by atoms with Gasteiger partial charge in [0.15, 0.2) is 0 Å². The van der Waals surface area contributed by atoms with Crippen molar-refractivity contribution in [2.45, 2.75) is 25.8 Å². The van der Waals surface area contributed by atoms with Crippen molar-refractivity contribution < 1.29 is 9.53 Å². The Hall–Kier alpha value is -1.55. The summed E-state index contributed by atoms with van der Waals surface area (Å²) in [6.45, 7) is 1.34. The molecule has 0 atom stereocenters. The summed E-state index contributed by atoms with van der Waals surface area (Å²) in [6.07, 6.45) is 3.13. The molecule has 2 rings (SSSR count). The number of rotatable bonds is 6. The first-order valence-corrected chi connectivity index (χ1v) is 6.76. The Morgan fingerprint density at radius 2 is 2.00 bits per heavy atom. The van der Waals surface area contributed by atoms with Crippen LogP contribution in [0.3, 0.4) is 0 Å². The molecule has 1 aliphatic rings. The van der Waals surface area contributed by atoms with Crippen LogP contribution in [0.5, 0.6) is 5.75 Å². The van der Waals surface area contributed by atoms with E-state index < -0.39 is 0 Å². The van der Waals surface area contributed by atoms with Crippen molar-refractivity contribution in [3.63, 3.8) is 0 Å². The Morgan fingerprint density at radius 1 is 1.32 bits per heavy atom. The van der Waals surface area contributed by atoms with Crippen LogP contribution >= 0.6 is 0 Å². The average molecular weight is 262 g/mol. The highest BCUT2D eigenvalue weighted by molar-refractivity contribution is 5.83. The van der Waals surface area contributed by atoms with Gasteiger partial charge in [0.2, 0.25) is 5.91 Å². The molecule has 1 aromatic carbocycles. The molecule has 0 heterocycles. The molecular weight excluding hydrogens is 240 g/mol. The number of ether oxygens (including phenoxy) is 1. The van der Waals surface area contributed by atoms with Crippen LogP contribution in [0.2, 0.25) is 0 Å². The lowest BCUT2D eigenvalue weighted by Gasteiger charge is -2.40. The van der Waals surface area contributed by atoms with Crippen LogP contribution in [0.25, 0.3) is 0 Å². The van der Waals surface area contributed by atoms with E-state index in [9.17, 15) is 4.79 Å². The largest absolute Gasteiger partial charge is 0.497 e. The zero-order valence-electron chi connectivity index (χ0n) is 11.7. The molecule has 2 N–H and O–H groups in total. The summed E-state index contributed by atoms with van der Waals surface area (Å²) in [5, 5.41) is 6.17. The normalized spacial score (nSPS) is 16.5. The molecule has 0 saturated heterocycles. The maximum Gasteiger partial charge on any atom is 0.227 e. The van der Waals surface area contributed by atoms with Gasteiger partial charge in [0.1, 0.15) is 5.75 Å². The van der Waals surface area contributed by atoms with Crippen molar-refractivity contribution >= 4 is 5.91 Å². The first-order valence-electron chi connectivity index (χ1n) is 6.76. The second kappa shape index (κ2) is 6.06. The molecule has 0 aromatic heterocycles. The van der Waals surface area contributed by atoms with Gasteiger partial charge in [-0.05, 0) is 37.6 Å². The molecule has 1 amide bonds. The van der Waals surface area contributed by atoms with E-state index in [4.69, 9.17) is 4.74 Å². The van der Waals surface area contributed by atoms with Crippen molar-refractivity contribution in [1.29, 1.82) is 0 Å². The van der Waals surface area contributed by atoms with Crippen molar-refractivity contribution in [2.24, 2.45) is 5.41 Å². The van der Waals surface area contributed by atoms with E-state index in [2.05, 4.69) is 10.6 Å². The van der Waals surface area contributed by atoms with Crippen LogP contribution in [0.4, 0.5) is 0 Å². The number of amides is 1. The smallest absolute Gasteiger partial charge is 0.227 e. The minimum absolute atomic E-state index is 0.170. The van der Waals surface area contributed by atoms with E-state index in [0.29, 0.717) is 6.54 Å². The van der Waals surface area contributed by atoms with Crippen molar-refractivity contribution in [1.82, 2.24) is 10.6 Å². The van der Waals surface area contributed by atoms with Gasteiger partial charge in [0, 0.05) is 13.1 Å². The van der Waals surface area contributed by atoms with Crippen LogP contribution in [0.15, 0.2) is 24.3 Å². The molecule has 1 saturated carbocycles. The topological polar surface area (TPSA) is 50.4 Å². The van der Waals surface area contributed by atoms with Gasteiger partial charge in [-0.3, -0.25) is 4.79 Å². The quantitative estimate of drug-likeness (QED) is 0.820. The van der Waals surface area contributed by atoms with Gasteiger partial charge in [0.25, 0.3) is 0 Å². The first-order chi connectivity index (χ1) is 9.20. The molecule has 104 valence electrons. The van der Waals surface area contributed by atoms with Gasteiger partial charge in [0.05, 0.1) is 12.5 Å². The average Bonchev–Trinajstić information content (AvgIpc) is 2.40. The second-order valence-electron chi connectivity index (χ2n) is 5.19. The molecule has 0 unspecified atom stereocenters. The third-order valence-electron chi connectivity index (χ3n) is 3.92. The Bertz CT molecular complexity index is 424. The van der Waals surface area contributed by atoms with E-state index >= 15 is 0 Å². The third kappa shape index (κ3) is 3.07. The summed E-state index contributed by atoms with van der Waals surface area (Å²) in [7, 11) is 3.55. The number of carbonyl (C=O) groups excluding carboxylic acids is 1. The van der Waals surface area contributed by atoms with Gasteiger partial charge in [-0.2, -0.15) is 0 Å². The molecule has 1 aromatic rings. The van der Waals surface area contributed by atoms with Crippen molar-refractivity contribution in [3.8, 4) is 5.75 Å². The first kappa shape index (κ1) is 13.9. The van der Waals surface area contributed by atoms with E-state index in [1.165, 1.54) is 0 Å². The fourth-order valence-electron chi connectivity index (χ4n) is 2.54. The van der Waals surface area contributed by atoms with Crippen LogP contribution < -0.4 is 15.4 Å². The van der Waals surface area contributed by atoms with E-state index in [-0.39, 0.29) is 11.3 Å². The fraction of sp³-hybridized carbons (Fsp3) is 0.533. The van der Waals surface area contributed by atoms with E-state index in [1.54, 1.807) is 7.11 Å². The summed E-state index contributed by atoms with van der Waals surface area (Å²) in [5.41, 5.74) is 0.911.